The zero-order valence-corrected chi connectivity index (χ0v) is 17.9. The summed E-state index contributed by atoms with van der Waals surface area (Å²) in [5.74, 6) is 1.88. The van der Waals surface area contributed by atoms with Crippen LogP contribution in [0, 0.1) is 6.92 Å². The van der Waals surface area contributed by atoms with Crippen LogP contribution in [0.25, 0.3) is 33.4 Å². The molecule has 3 heterocycles. The van der Waals surface area contributed by atoms with E-state index in [0.717, 1.165) is 41.5 Å². The Labute approximate surface area is 182 Å². The van der Waals surface area contributed by atoms with Crippen molar-refractivity contribution in [3.8, 4) is 22.4 Å². The smallest absolute Gasteiger partial charge is 0.156 e. The van der Waals surface area contributed by atoms with E-state index in [1.165, 1.54) is 36.0 Å². The molecule has 0 atom stereocenters. The quantitative estimate of drug-likeness (QED) is 0.493. The maximum Gasteiger partial charge on any atom is 0.156 e. The molecule has 1 fully saturated rings. The number of piperidine rings is 1. The largest absolute Gasteiger partial charge is 0.412 e. The average molecular weight is 423 g/mol. The Balaban J connectivity index is 0.00000128. The van der Waals surface area contributed by atoms with Crippen LogP contribution in [0.3, 0.4) is 0 Å². The van der Waals surface area contributed by atoms with Gasteiger partial charge in [0.2, 0.25) is 0 Å². The Hall–Kier alpha value is -2.89. The predicted molar refractivity (Wildman–Crippen MR) is 126 cm³/mol. The van der Waals surface area contributed by atoms with Gasteiger partial charge in [0.05, 0.1) is 5.52 Å². The van der Waals surface area contributed by atoms with Gasteiger partial charge < -0.3 is 15.4 Å². The van der Waals surface area contributed by atoms with Crippen molar-refractivity contribution < 1.29 is 5.48 Å². The third kappa shape index (κ3) is 4.18. The van der Waals surface area contributed by atoms with E-state index in [-0.39, 0.29) is 17.9 Å². The second-order valence-electron chi connectivity index (χ2n) is 7.53. The first kappa shape index (κ1) is 21.8. The first-order valence-electron chi connectivity index (χ1n) is 10.1. The number of hydrogen-bond donors (Lipinski definition) is 1. The van der Waals surface area contributed by atoms with Gasteiger partial charge in [-0.1, -0.05) is 54.6 Å². The number of nitrogens with one attached hydrogen (secondary N) is 1. The number of rotatable bonds is 3. The van der Waals surface area contributed by atoms with Crippen LogP contribution in [0.5, 0.6) is 0 Å². The number of fused-ring (bicyclic) bond motifs is 1. The minimum atomic E-state index is 0. The molecule has 0 saturated carbocycles. The van der Waals surface area contributed by atoms with E-state index in [4.69, 9.17) is 4.98 Å². The Morgan fingerprint density at radius 2 is 1.43 bits per heavy atom. The van der Waals surface area contributed by atoms with Crippen molar-refractivity contribution in [2.45, 2.75) is 26.2 Å². The number of nitrogens with zero attached hydrogens (tertiary/aromatic N) is 3. The minimum absolute atomic E-state index is 0. The van der Waals surface area contributed by atoms with Crippen LogP contribution < -0.4 is 4.90 Å². The van der Waals surface area contributed by atoms with Crippen molar-refractivity contribution in [1.29, 1.82) is 0 Å². The molecule has 0 amide bonds. The SMILES string of the molecule is Cc1nc(N2CCCCC2)c2[nH]c(-c3ccc(-c4ccccc4)cc3)cc2n1.Cl.O. The lowest BCUT2D eigenvalue weighted by molar-refractivity contribution is 0.574. The zero-order valence-electron chi connectivity index (χ0n) is 17.1. The van der Waals surface area contributed by atoms with E-state index in [1.807, 2.05) is 13.0 Å². The molecule has 0 radical (unpaired) electrons. The average Bonchev–Trinajstić information content (AvgIpc) is 3.18. The number of aromatic nitrogens is 3. The molecule has 0 bridgehead atoms. The first-order chi connectivity index (χ1) is 13.8. The van der Waals surface area contributed by atoms with Crippen molar-refractivity contribution in [2.75, 3.05) is 18.0 Å². The van der Waals surface area contributed by atoms with Crippen molar-refractivity contribution >= 4 is 29.3 Å². The lowest BCUT2D eigenvalue weighted by Gasteiger charge is -2.28. The molecule has 30 heavy (non-hydrogen) atoms. The lowest BCUT2D eigenvalue weighted by Crippen LogP contribution is -2.30. The van der Waals surface area contributed by atoms with Crippen molar-refractivity contribution in [3.05, 3.63) is 66.5 Å². The van der Waals surface area contributed by atoms with Crippen molar-refractivity contribution in [1.82, 2.24) is 15.0 Å². The molecule has 1 aliphatic heterocycles. The Morgan fingerprint density at radius 1 is 0.800 bits per heavy atom. The molecular weight excluding hydrogens is 396 g/mol. The first-order valence-corrected chi connectivity index (χ1v) is 10.1. The molecule has 3 N–H and O–H groups in total. The van der Waals surface area contributed by atoms with Crippen LogP contribution in [0.4, 0.5) is 5.82 Å². The fraction of sp³-hybridized carbons (Fsp3) is 0.250. The van der Waals surface area contributed by atoms with Crippen LogP contribution in [0.15, 0.2) is 60.7 Å². The van der Waals surface area contributed by atoms with Gasteiger partial charge >= 0.3 is 0 Å². The van der Waals surface area contributed by atoms with Gasteiger partial charge in [0.15, 0.2) is 5.82 Å². The van der Waals surface area contributed by atoms with Gasteiger partial charge in [-0.3, -0.25) is 0 Å². The third-order valence-corrected chi connectivity index (χ3v) is 5.53. The third-order valence-electron chi connectivity index (χ3n) is 5.53. The molecule has 5 nitrogen and oxygen atoms in total. The summed E-state index contributed by atoms with van der Waals surface area (Å²) in [7, 11) is 0. The highest BCUT2D eigenvalue weighted by Crippen LogP contribution is 2.31. The molecule has 5 rings (SSSR count). The molecular formula is C24H27ClN4O. The number of aromatic amines is 1. The Morgan fingerprint density at radius 3 is 2.13 bits per heavy atom. The summed E-state index contributed by atoms with van der Waals surface area (Å²) in [6.45, 7) is 4.13. The van der Waals surface area contributed by atoms with Crippen LogP contribution >= 0.6 is 12.4 Å². The molecule has 1 saturated heterocycles. The van der Waals surface area contributed by atoms with Crippen molar-refractivity contribution in [2.24, 2.45) is 0 Å². The van der Waals surface area contributed by atoms with Gasteiger partial charge in [-0.25, -0.2) is 9.97 Å². The molecule has 0 aliphatic carbocycles. The maximum absolute atomic E-state index is 4.77. The number of benzene rings is 2. The number of halogens is 1. The Bertz CT molecular complexity index is 1100. The molecule has 4 aromatic rings. The summed E-state index contributed by atoms with van der Waals surface area (Å²) in [6, 6.07) is 21.3. The fourth-order valence-corrected chi connectivity index (χ4v) is 4.07. The van der Waals surface area contributed by atoms with Crippen LogP contribution in [0.1, 0.15) is 25.1 Å². The molecule has 156 valence electrons. The van der Waals surface area contributed by atoms with E-state index in [9.17, 15) is 0 Å². The normalized spacial score (nSPS) is 13.6. The van der Waals surface area contributed by atoms with Gasteiger partial charge in [0.25, 0.3) is 0 Å². The highest BCUT2D eigenvalue weighted by atomic mass is 35.5. The summed E-state index contributed by atoms with van der Waals surface area (Å²) in [4.78, 5) is 15.4. The van der Waals surface area contributed by atoms with E-state index >= 15 is 0 Å². The number of anilines is 1. The number of H-pyrrole nitrogens is 1. The lowest BCUT2D eigenvalue weighted by atomic mass is 10.0. The van der Waals surface area contributed by atoms with E-state index in [2.05, 4.69) is 69.5 Å². The van der Waals surface area contributed by atoms with Crippen LogP contribution in [0.2, 0.25) is 0 Å². The standard InChI is InChI=1S/C24H24N4.ClH.H2O/c1-17-25-22-16-21(27-23(22)24(26-17)28-14-6-3-7-15-28)20-12-10-19(11-13-20)18-8-4-2-5-9-18;;/h2,4-5,8-13,16,27H,3,6-7,14-15H2,1H3;1H;1H2. The van der Waals surface area contributed by atoms with E-state index < -0.39 is 0 Å². The highest BCUT2D eigenvalue weighted by Gasteiger charge is 2.18. The Kier molecular flexibility index (Phi) is 6.75. The minimum Gasteiger partial charge on any atom is -0.412 e. The molecule has 0 spiro atoms. The number of hydrogen-bond acceptors (Lipinski definition) is 3. The summed E-state index contributed by atoms with van der Waals surface area (Å²) in [5.41, 5.74) is 6.77. The van der Waals surface area contributed by atoms with E-state index in [0.29, 0.717) is 0 Å². The maximum atomic E-state index is 4.77. The van der Waals surface area contributed by atoms with Crippen molar-refractivity contribution in [3.63, 3.8) is 0 Å². The summed E-state index contributed by atoms with van der Waals surface area (Å²) < 4.78 is 0. The molecule has 2 aromatic carbocycles. The fourth-order valence-electron chi connectivity index (χ4n) is 4.07. The van der Waals surface area contributed by atoms with Gasteiger partial charge in [-0.15, -0.1) is 12.4 Å². The van der Waals surface area contributed by atoms with E-state index in [1.54, 1.807) is 0 Å². The molecule has 1 aliphatic rings. The van der Waals surface area contributed by atoms with Gasteiger partial charge in [0, 0.05) is 18.8 Å². The van der Waals surface area contributed by atoms with Gasteiger partial charge in [0.1, 0.15) is 11.3 Å². The number of aryl methyl sites for hydroxylation is 1. The summed E-state index contributed by atoms with van der Waals surface area (Å²) in [5, 5.41) is 0. The second-order valence-corrected chi connectivity index (χ2v) is 7.53. The molecule has 0 unspecified atom stereocenters. The van der Waals surface area contributed by atoms with Gasteiger partial charge in [-0.05, 0) is 48.9 Å². The molecule has 2 aromatic heterocycles. The van der Waals surface area contributed by atoms with Crippen LogP contribution in [-0.2, 0) is 0 Å². The van der Waals surface area contributed by atoms with Gasteiger partial charge in [-0.2, -0.15) is 0 Å². The summed E-state index contributed by atoms with van der Waals surface area (Å²) in [6.07, 6.45) is 3.78. The monoisotopic (exact) mass is 422 g/mol. The predicted octanol–water partition coefficient (Wildman–Crippen LogP) is 5.19. The summed E-state index contributed by atoms with van der Waals surface area (Å²) >= 11 is 0. The van der Waals surface area contributed by atoms with Crippen LogP contribution in [-0.4, -0.2) is 33.5 Å². The second kappa shape index (κ2) is 9.28. The topological polar surface area (TPSA) is 76.3 Å². The molecule has 6 heteroatoms. The highest BCUT2D eigenvalue weighted by molar-refractivity contribution is 5.91. The zero-order chi connectivity index (χ0) is 18.9.